The first-order chi connectivity index (χ1) is 10.9. The number of amides is 1. The SMILES string of the molecule is CC(C)S(=O)(=O)c1ccc(CC(=O)N2[C@H]3CC[C@H]2COC3)cc1. The van der Waals surface area contributed by atoms with E-state index >= 15 is 0 Å². The first-order valence-corrected chi connectivity index (χ1v) is 9.66. The molecule has 3 rings (SSSR count). The number of hydrogen-bond acceptors (Lipinski definition) is 4. The van der Waals surface area contributed by atoms with Gasteiger partial charge in [0.2, 0.25) is 5.91 Å². The Morgan fingerprint density at radius 1 is 1.17 bits per heavy atom. The molecule has 23 heavy (non-hydrogen) atoms. The quantitative estimate of drug-likeness (QED) is 0.840. The van der Waals surface area contributed by atoms with Gasteiger partial charge in [-0.15, -0.1) is 0 Å². The van der Waals surface area contributed by atoms with Crippen LogP contribution in [-0.4, -0.2) is 49.8 Å². The summed E-state index contributed by atoms with van der Waals surface area (Å²) in [6.45, 7) is 4.60. The molecule has 2 fully saturated rings. The van der Waals surface area contributed by atoms with Crippen LogP contribution in [0.1, 0.15) is 32.3 Å². The molecule has 0 spiro atoms. The summed E-state index contributed by atoms with van der Waals surface area (Å²) in [5, 5.41) is -0.445. The molecule has 2 bridgehead atoms. The first kappa shape index (κ1) is 16.5. The van der Waals surface area contributed by atoms with Crippen LogP contribution in [0.2, 0.25) is 0 Å². The molecule has 2 heterocycles. The summed E-state index contributed by atoms with van der Waals surface area (Å²) in [5.74, 6) is 0.111. The monoisotopic (exact) mass is 337 g/mol. The Bertz CT molecular complexity index is 665. The van der Waals surface area contributed by atoms with Crippen molar-refractivity contribution in [2.24, 2.45) is 0 Å². The van der Waals surface area contributed by atoms with Gasteiger partial charge >= 0.3 is 0 Å². The number of rotatable bonds is 4. The number of hydrogen-bond donors (Lipinski definition) is 0. The largest absolute Gasteiger partial charge is 0.377 e. The van der Waals surface area contributed by atoms with Gasteiger partial charge in [-0.1, -0.05) is 12.1 Å². The number of sulfone groups is 1. The van der Waals surface area contributed by atoms with Crippen LogP contribution in [0.4, 0.5) is 0 Å². The molecule has 2 atom stereocenters. The number of benzene rings is 1. The van der Waals surface area contributed by atoms with Crippen molar-refractivity contribution in [2.45, 2.75) is 55.3 Å². The fraction of sp³-hybridized carbons (Fsp3) is 0.588. The lowest BCUT2D eigenvalue weighted by atomic mass is 10.1. The molecule has 2 saturated heterocycles. The van der Waals surface area contributed by atoms with Crippen molar-refractivity contribution >= 4 is 15.7 Å². The fourth-order valence-corrected chi connectivity index (χ4v) is 4.43. The van der Waals surface area contributed by atoms with Gasteiger partial charge < -0.3 is 9.64 Å². The summed E-state index contributed by atoms with van der Waals surface area (Å²) in [5.41, 5.74) is 0.851. The molecule has 1 aromatic carbocycles. The van der Waals surface area contributed by atoms with Gasteiger partial charge in [0, 0.05) is 0 Å². The highest BCUT2D eigenvalue weighted by Gasteiger charge is 2.39. The van der Waals surface area contributed by atoms with E-state index in [0.29, 0.717) is 24.5 Å². The number of morpholine rings is 1. The lowest BCUT2D eigenvalue weighted by Gasteiger charge is -2.34. The third-order valence-corrected chi connectivity index (χ3v) is 6.93. The van der Waals surface area contributed by atoms with E-state index in [1.807, 2.05) is 4.90 Å². The summed E-state index contributed by atoms with van der Waals surface area (Å²) in [6.07, 6.45) is 2.35. The maximum Gasteiger partial charge on any atom is 0.227 e. The van der Waals surface area contributed by atoms with Crippen LogP contribution < -0.4 is 0 Å². The van der Waals surface area contributed by atoms with Crippen molar-refractivity contribution in [1.82, 2.24) is 4.90 Å². The molecule has 126 valence electrons. The maximum absolute atomic E-state index is 12.6. The zero-order valence-corrected chi connectivity index (χ0v) is 14.4. The third-order valence-electron chi connectivity index (χ3n) is 4.76. The van der Waals surface area contributed by atoms with Crippen LogP contribution in [0.25, 0.3) is 0 Å². The fourth-order valence-electron chi connectivity index (χ4n) is 3.37. The van der Waals surface area contributed by atoms with Gasteiger partial charge in [0.05, 0.1) is 41.9 Å². The normalized spacial score (nSPS) is 24.2. The standard InChI is InChI=1S/C17H23NO4S/c1-12(2)23(20,21)16-7-3-13(4-8-16)9-17(19)18-14-5-6-15(18)11-22-10-14/h3-4,7-8,12,14-15H,5-6,9-11H2,1-2H3/t14-,15-/m0/s1. The molecule has 0 aromatic heterocycles. The molecule has 0 aliphatic carbocycles. The molecule has 2 aliphatic heterocycles. The van der Waals surface area contributed by atoms with Gasteiger partial charge in [-0.2, -0.15) is 0 Å². The molecule has 1 amide bonds. The molecule has 1 aromatic rings. The van der Waals surface area contributed by atoms with Gasteiger partial charge in [-0.25, -0.2) is 8.42 Å². The minimum Gasteiger partial charge on any atom is -0.377 e. The average molecular weight is 337 g/mol. The number of fused-ring (bicyclic) bond motifs is 2. The van der Waals surface area contributed by atoms with E-state index < -0.39 is 15.1 Å². The molecule has 5 nitrogen and oxygen atoms in total. The van der Waals surface area contributed by atoms with Crippen molar-refractivity contribution in [3.05, 3.63) is 29.8 Å². The van der Waals surface area contributed by atoms with Gasteiger partial charge in [0.15, 0.2) is 9.84 Å². The Hall–Kier alpha value is -1.40. The molecule has 0 radical (unpaired) electrons. The van der Waals surface area contributed by atoms with E-state index in [2.05, 4.69) is 0 Å². The van der Waals surface area contributed by atoms with E-state index in [1.54, 1.807) is 38.1 Å². The van der Waals surface area contributed by atoms with Crippen molar-refractivity contribution in [1.29, 1.82) is 0 Å². The highest BCUT2D eigenvalue weighted by Crippen LogP contribution is 2.29. The number of carbonyl (C=O) groups is 1. The Morgan fingerprint density at radius 2 is 1.74 bits per heavy atom. The van der Waals surface area contributed by atoms with Crippen LogP contribution >= 0.6 is 0 Å². The van der Waals surface area contributed by atoms with Crippen LogP contribution in [0.3, 0.4) is 0 Å². The van der Waals surface area contributed by atoms with E-state index in [9.17, 15) is 13.2 Å². The third kappa shape index (κ3) is 3.15. The van der Waals surface area contributed by atoms with Gasteiger partial charge in [-0.05, 0) is 44.4 Å². The van der Waals surface area contributed by atoms with Crippen LogP contribution in [-0.2, 0) is 25.8 Å². The zero-order valence-electron chi connectivity index (χ0n) is 13.6. The van der Waals surface area contributed by atoms with Crippen molar-refractivity contribution in [3.8, 4) is 0 Å². The van der Waals surface area contributed by atoms with E-state index in [4.69, 9.17) is 4.74 Å². The second-order valence-corrected chi connectivity index (χ2v) is 9.14. The molecular weight excluding hydrogens is 314 g/mol. The maximum atomic E-state index is 12.6. The van der Waals surface area contributed by atoms with Crippen molar-refractivity contribution in [3.63, 3.8) is 0 Å². The second kappa shape index (κ2) is 6.24. The minimum atomic E-state index is -3.26. The lowest BCUT2D eigenvalue weighted by molar-refractivity contribution is -0.140. The Kier molecular flexibility index (Phi) is 4.47. The molecule has 0 saturated carbocycles. The van der Waals surface area contributed by atoms with Crippen LogP contribution in [0, 0.1) is 0 Å². The number of ether oxygens (including phenoxy) is 1. The second-order valence-electron chi connectivity index (χ2n) is 6.64. The predicted octanol–water partition coefficient (Wildman–Crippen LogP) is 1.80. The Labute approximate surface area is 137 Å². The summed E-state index contributed by atoms with van der Waals surface area (Å²) in [7, 11) is -3.26. The minimum absolute atomic E-state index is 0.111. The smallest absolute Gasteiger partial charge is 0.227 e. The topological polar surface area (TPSA) is 63.7 Å². The molecule has 0 unspecified atom stereocenters. The van der Waals surface area contributed by atoms with Crippen LogP contribution in [0.15, 0.2) is 29.2 Å². The predicted molar refractivity (Wildman–Crippen MR) is 86.9 cm³/mol. The highest BCUT2D eigenvalue weighted by molar-refractivity contribution is 7.92. The molecular formula is C17H23NO4S. The molecule has 0 N–H and O–H groups in total. The van der Waals surface area contributed by atoms with Gasteiger partial charge in [0.25, 0.3) is 0 Å². The van der Waals surface area contributed by atoms with E-state index in [-0.39, 0.29) is 18.0 Å². The molecule has 2 aliphatic rings. The summed E-state index contributed by atoms with van der Waals surface area (Å²) < 4.78 is 29.7. The Morgan fingerprint density at radius 3 is 2.26 bits per heavy atom. The van der Waals surface area contributed by atoms with Crippen molar-refractivity contribution < 1.29 is 17.9 Å². The summed E-state index contributed by atoms with van der Waals surface area (Å²) >= 11 is 0. The number of carbonyl (C=O) groups excluding carboxylic acids is 1. The van der Waals surface area contributed by atoms with E-state index in [0.717, 1.165) is 18.4 Å². The highest BCUT2D eigenvalue weighted by atomic mass is 32.2. The summed E-state index contributed by atoms with van der Waals surface area (Å²) in [6, 6.07) is 7.12. The van der Waals surface area contributed by atoms with Crippen LogP contribution in [0.5, 0.6) is 0 Å². The zero-order chi connectivity index (χ0) is 16.6. The number of nitrogens with zero attached hydrogens (tertiary/aromatic N) is 1. The van der Waals surface area contributed by atoms with Gasteiger partial charge in [-0.3, -0.25) is 4.79 Å². The summed E-state index contributed by atoms with van der Waals surface area (Å²) in [4.78, 5) is 14.9. The van der Waals surface area contributed by atoms with Gasteiger partial charge in [0.1, 0.15) is 0 Å². The first-order valence-electron chi connectivity index (χ1n) is 8.11. The Balaban J connectivity index is 1.70. The lowest BCUT2D eigenvalue weighted by Crippen LogP contribution is -2.49. The van der Waals surface area contributed by atoms with E-state index in [1.165, 1.54) is 0 Å². The average Bonchev–Trinajstić information content (AvgIpc) is 2.77. The van der Waals surface area contributed by atoms with Crippen molar-refractivity contribution in [2.75, 3.05) is 13.2 Å². The molecule has 6 heteroatoms.